The van der Waals surface area contributed by atoms with Crippen molar-refractivity contribution in [2.45, 2.75) is 37.6 Å². The molecule has 0 saturated carbocycles. The van der Waals surface area contributed by atoms with Crippen LogP contribution in [-0.4, -0.2) is 76.6 Å². The molecule has 12 nitrogen and oxygen atoms in total. The maximum Gasteiger partial charge on any atom is 0.335 e. The summed E-state index contributed by atoms with van der Waals surface area (Å²) in [6.45, 7) is 1.82. The molecule has 0 radical (unpaired) electrons. The number of hydrogen-bond acceptors (Lipinski definition) is 10. The van der Waals surface area contributed by atoms with Gasteiger partial charge in [0.25, 0.3) is 0 Å². The van der Waals surface area contributed by atoms with Gasteiger partial charge in [-0.2, -0.15) is 0 Å². The van der Waals surface area contributed by atoms with Crippen LogP contribution in [-0.2, 0) is 21.4 Å². The number of aliphatic carboxylic acids is 1. The Hall–Kier alpha value is -2.90. The van der Waals surface area contributed by atoms with Gasteiger partial charge in [0.05, 0.1) is 16.7 Å². The second-order valence-electron chi connectivity index (χ2n) is 6.76. The maximum atomic E-state index is 11.2. The number of ether oxygens (including phenoxy) is 1. The summed E-state index contributed by atoms with van der Waals surface area (Å²) >= 11 is 0. The highest BCUT2D eigenvalue weighted by molar-refractivity contribution is 6.01. The average Bonchev–Trinajstić information content (AvgIpc) is 3.01. The highest BCUT2D eigenvalue weighted by Crippen LogP contribution is 2.26. The minimum Gasteiger partial charge on any atom is -0.479 e. The number of hydrogen-bond donors (Lipinski definition) is 5. The summed E-state index contributed by atoms with van der Waals surface area (Å²) < 4.78 is 6.72. The first-order chi connectivity index (χ1) is 13.8. The van der Waals surface area contributed by atoms with Gasteiger partial charge >= 0.3 is 5.97 Å². The second-order valence-corrected chi connectivity index (χ2v) is 6.76. The number of nitrogens with zero attached hydrogens (tertiary/aromatic N) is 4. The predicted octanol–water partition coefficient (Wildman–Crippen LogP) is -0.939. The number of carboxylic acid groups (broad SMARTS) is 1. The molecule has 0 bridgehead atoms. The lowest BCUT2D eigenvalue weighted by Crippen LogP contribution is -2.60. The van der Waals surface area contributed by atoms with Gasteiger partial charge in [-0.1, -0.05) is 0 Å². The number of benzene rings is 1. The highest BCUT2D eigenvalue weighted by Gasteiger charge is 2.48. The standard InChI is InChI=1S/C17H19N5O7/c1-6-5-18-7-3-4-8-10(9(7)19-6)20-17(22(8)2)21-29-16-13(25)11(23)12(24)14(28-16)15(26)27/h3-5,11-14,16,23-25H,1-2H3,(H,20,21)(H,26,27)/t11-,12-,13+,14-,16?/m0/s1. The lowest BCUT2D eigenvalue weighted by Gasteiger charge is -2.37. The van der Waals surface area contributed by atoms with Crippen molar-refractivity contribution >= 4 is 34.0 Å². The largest absolute Gasteiger partial charge is 0.479 e. The Balaban J connectivity index is 1.61. The number of imidazole rings is 1. The van der Waals surface area contributed by atoms with Gasteiger partial charge in [-0.15, -0.1) is 0 Å². The zero-order chi connectivity index (χ0) is 20.9. The molecule has 0 aliphatic carbocycles. The van der Waals surface area contributed by atoms with Gasteiger partial charge in [0.15, 0.2) is 6.10 Å². The normalized spacial score (nSPS) is 27.4. The molecule has 12 heteroatoms. The number of aliphatic hydroxyl groups excluding tert-OH is 3. The fourth-order valence-corrected chi connectivity index (χ4v) is 3.17. The van der Waals surface area contributed by atoms with Crippen LogP contribution in [0.1, 0.15) is 5.69 Å². The molecular weight excluding hydrogens is 386 g/mol. The van der Waals surface area contributed by atoms with Gasteiger partial charge in [0.1, 0.15) is 29.3 Å². The average molecular weight is 405 g/mol. The monoisotopic (exact) mass is 405 g/mol. The number of aryl methyl sites for hydroxylation is 2. The third-order valence-corrected chi connectivity index (χ3v) is 4.76. The molecule has 1 aliphatic heterocycles. The summed E-state index contributed by atoms with van der Waals surface area (Å²) in [5, 5.41) is 38.7. The van der Waals surface area contributed by atoms with Crippen LogP contribution in [0.15, 0.2) is 18.3 Å². The molecule has 1 aliphatic rings. The van der Waals surface area contributed by atoms with Crippen LogP contribution >= 0.6 is 0 Å². The van der Waals surface area contributed by atoms with Gasteiger partial charge in [-0.25, -0.2) is 25.1 Å². The van der Waals surface area contributed by atoms with E-state index in [4.69, 9.17) is 14.7 Å². The van der Waals surface area contributed by atoms with Crippen molar-refractivity contribution in [3.05, 3.63) is 24.0 Å². The first-order valence-electron chi connectivity index (χ1n) is 8.71. The third-order valence-electron chi connectivity index (χ3n) is 4.76. The number of nitrogens with one attached hydrogen (secondary N) is 1. The van der Waals surface area contributed by atoms with Crippen molar-refractivity contribution in [3.8, 4) is 0 Å². The summed E-state index contributed by atoms with van der Waals surface area (Å²) in [6, 6.07) is 3.62. The Labute approximate surface area is 163 Å². The van der Waals surface area contributed by atoms with Crippen LogP contribution < -0.4 is 5.48 Å². The van der Waals surface area contributed by atoms with E-state index < -0.39 is 36.7 Å². The van der Waals surface area contributed by atoms with E-state index in [0.29, 0.717) is 16.6 Å². The molecule has 1 fully saturated rings. The zero-order valence-corrected chi connectivity index (χ0v) is 15.4. The van der Waals surface area contributed by atoms with Crippen molar-refractivity contribution in [1.82, 2.24) is 19.5 Å². The Morgan fingerprint density at radius 1 is 1.17 bits per heavy atom. The number of aliphatic hydroxyl groups is 3. The van der Waals surface area contributed by atoms with Crippen LogP contribution in [0.2, 0.25) is 0 Å². The number of carbonyl (C=O) groups is 1. The molecule has 0 amide bonds. The van der Waals surface area contributed by atoms with E-state index in [1.54, 1.807) is 23.9 Å². The third kappa shape index (κ3) is 3.26. The fraction of sp³-hybridized carbons (Fsp3) is 0.412. The summed E-state index contributed by atoms with van der Waals surface area (Å²) in [5.41, 5.74) is 5.80. The Kier molecular flexibility index (Phi) is 4.80. The Morgan fingerprint density at radius 3 is 2.66 bits per heavy atom. The minimum atomic E-state index is -1.80. The van der Waals surface area contributed by atoms with E-state index in [-0.39, 0.29) is 5.95 Å². The molecule has 0 spiro atoms. The molecule has 1 saturated heterocycles. The molecule has 3 heterocycles. The van der Waals surface area contributed by atoms with Gasteiger partial charge in [-0.05, 0) is 19.1 Å². The highest BCUT2D eigenvalue weighted by atomic mass is 16.8. The summed E-state index contributed by atoms with van der Waals surface area (Å²) in [5.74, 6) is -1.28. The lowest BCUT2D eigenvalue weighted by atomic mass is 9.99. The summed E-state index contributed by atoms with van der Waals surface area (Å²) in [6.07, 6.45) is -6.92. The maximum absolute atomic E-state index is 11.2. The van der Waals surface area contributed by atoms with E-state index in [9.17, 15) is 20.1 Å². The first-order valence-corrected chi connectivity index (χ1v) is 8.71. The van der Waals surface area contributed by atoms with Gasteiger partial charge in [0, 0.05) is 13.2 Å². The van der Waals surface area contributed by atoms with Crippen molar-refractivity contribution in [2.75, 3.05) is 5.48 Å². The molecule has 2 aromatic heterocycles. The van der Waals surface area contributed by atoms with E-state index in [0.717, 1.165) is 11.2 Å². The molecule has 154 valence electrons. The smallest absolute Gasteiger partial charge is 0.335 e. The topological polar surface area (TPSA) is 172 Å². The van der Waals surface area contributed by atoms with Gasteiger partial charge < -0.3 is 29.7 Å². The quantitative estimate of drug-likeness (QED) is 0.339. The van der Waals surface area contributed by atoms with Crippen molar-refractivity contribution in [1.29, 1.82) is 0 Å². The van der Waals surface area contributed by atoms with E-state index in [2.05, 4.69) is 20.4 Å². The number of fused-ring (bicyclic) bond motifs is 3. The van der Waals surface area contributed by atoms with Crippen molar-refractivity contribution in [2.24, 2.45) is 7.05 Å². The SMILES string of the molecule is Cc1cnc2ccc3c(nc(NOC4O[C@H](C(=O)O)[C@@H](O)[C@H](O)[C@H]4O)n3C)c2n1. The zero-order valence-electron chi connectivity index (χ0n) is 15.4. The molecule has 4 rings (SSSR count). The molecule has 5 atom stereocenters. The number of anilines is 1. The second kappa shape index (κ2) is 7.17. The predicted molar refractivity (Wildman–Crippen MR) is 97.6 cm³/mol. The number of rotatable bonds is 4. The fourth-order valence-electron chi connectivity index (χ4n) is 3.17. The number of aromatic nitrogens is 4. The van der Waals surface area contributed by atoms with E-state index in [1.165, 1.54) is 0 Å². The molecular formula is C17H19N5O7. The molecule has 5 N–H and O–H groups in total. The molecule has 1 unspecified atom stereocenters. The lowest BCUT2D eigenvalue weighted by molar-refractivity contribution is -0.287. The minimum absolute atomic E-state index is 0.221. The van der Waals surface area contributed by atoms with Crippen molar-refractivity contribution in [3.63, 3.8) is 0 Å². The summed E-state index contributed by atoms with van der Waals surface area (Å²) in [7, 11) is 1.72. The van der Waals surface area contributed by atoms with E-state index >= 15 is 0 Å². The van der Waals surface area contributed by atoms with Crippen LogP contribution in [0.25, 0.3) is 22.1 Å². The van der Waals surface area contributed by atoms with E-state index in [1.807, 2.05) is 13.0 Å². The van der Waals surface area contributed by atoms with Crippen molar-refractivity contribution < 1.29 is 34.8 Å². The first kappa shape index (κ1) is 19.4. The number of carboxylic acids is 1. The van der Waals surface area contributed by atoms with Crippen LogP contribution in [0.3, 0.4) is 0 Å². The Morgan fingerprint density at radius 2 is 1.93 bits per heavy atom. The molecule has 3 aromatic rings. The van der Waals surface area contributed by atoms with Crippen LogP contribution in [0.5, 0.6) is 0 Å². The molecule has 1 aromatic carbocycles. The Bertz CT molecular complexity index is 1090. The van der Waals surface area contributed by atoms with Gasteiger partial charge in [0.2, 0.25) is 12.2 Å². The van der Waals surface area contributed by atoms with Crippen LogP contribution in [0.4, 0.5) is 5.95 Å². The van der Waals surface area contributed by atoms with Gasteiger partial charge in [-0.3, -0.25) is 4.98 Å². The summed E-state index contributed by atoms with van der Waals surface area (Å²) in [4.78, 5) is 29.7. The van der Waals surface area contributed by atoms with Crippen LogP contribution in [0, 0.1) is 6.92 Å². The molecule has 29 heavy (non-hydrogen) atoms.